The van der Waals surface area contributed by atoms with Gasteiger partial charge in [0.15, 0.2) is 0 Å². The molecule has 7 nitrogen and oxygen atoms in total. The van der Waals surface area contributed by atoms with Crippen LogP contribution in [0.3, 0.4) is 0 Å². The molecule has 29 heavy (non-hydrogen) atoms. The zero-order chi connectivity index (χ0) is 20.8. The van der Waals surface area contributed by atoms with E-state index in [1.807, 2.05) is 0 Å². The van der Waals surface area contributed by atoms with Gasteiger partial charge in [0.2, 0.25) is 0 Å². The molecule has 0 bridgehead atoms. The van der Waals surface area contributed by atoms with Crippen LogP contribution < -0.4 is 10.7 Å². The minimum Gasteiger partial charge on any atom is -0.508 e. The van der Waals surface area contributed by atoms with E-state index >= 15 is 0 Å². The second-order valence-corrected chi connectivity index (χ2v) is 5.98. The normalized spacial score (nSPS) is 10.7. The molecule has 2 amide bonds. The van der Waals surface area contributed by atoms with Gasteiger partial charge < -0.3 is 15.5 Å². The van der Waals surface area contributed by atoms with Crippen LogP contribution in [0.15, 0.2) is 71.8 Å². The van der Waals surface area contributed by atoms with Gasteiger partial charge in [-0.2, -0.15) is 5.10 Å². The zero-order valence-electron chi connectivity index (χ0n) is 15.0. The lowest BCUT2D eigenvalue weighted by Crippen LogP contribution is -2.18. The molecule has 0 unspecified atom stereocenters. The predicted octanol–water partition coefficient (Wildman–Crippen LogP) is 3.25. The summed E-state index contributed by atoms with van der Waals surface area (Å²) in [6.45, 7) is 0. The first kappa shape index (κ1) is 19.6. The average Bonchev–Trinajstić information content (AvgIpc) is 2.70. The number of hydrogen-bond donors (Lipinski definition) is 4. The van der Waals surface area contributed by atoms with E-state index in [0.29, 0.717) is 11.3 Å². The number of phenols is 2. The molecule has 0 aromatic heterocycles. The molecule has 0 saturated heterocycles. The van der Waals surface area contributed by atoms with Crippen molar-refractivity contribution < 1.29 is 24.2 Å². The summed E-state index contributed by atoms with van der Waals surface area (Å²) in [7, 11) is 0. The van der Waals surface area contributed by atoms with Crippen molar-refractivity contribution in [3.8, 4) is 11.5 Å². The molecular weight excluding hydrogens is 377 g/mol. The molecule has 0 aliphatic carbocycles. The molecule has 0 saturated carbocycles. The van der Waals surface area contributed by atoms with Gasteiger partial charge in [-0.3, -0.25) is 9.59 Å². The Balaban J connectivity index is 1.65. The maximum Gasteiger partial charge on any atom is 0.271 e. The van der Waals surface area contributed by atoms with Crippen LogP contribution in [0, 0.1) is 5.82 Å². The highest BCUT2D eigenvalue weighted by Crippen LogP contribution is 2.20. The van der Waals surface area contributed by atoms with E-state index in [2.05, 4.69) is 15.8 Å². The summed E-state index contributed by atoms with van der Waals surface area (Å²) in [5, 5.41) is 25.3. The molecule has 8 heteroatoms. The molecule has 0 heterocycles. The lowest BCUT2D eigenvalue weighted by molar-refractivity contribution is 0.0953. The van der Waals surface area contributed by atoms with E-state index in [4.69, 9.17) is 0 Å². The van der Waals surface area contributed by atoms with Crippen LogP contribution in [0.25, 0.3) is 0 Å². The topological polar surface area (TPSA) is 111 Å². The van der Waals surface area contributed by atoms with Crippen LogP contribution in [-0.4, -0.2) is 28.2 Å². The van der Waals surface area contributed by atoms with Crippen molar-refractivity contribution >= 4 is 23.7 Å². The minimum absolute atomic E-state index is 0.0943. The average molecular weight is 393 g/mol. The Labute approximate surface area is 165 Å². The lowest BCUT2D eigenvalue weighted by atomic mass is 10.1. The van der Waals surface area contributed by atoms with Gasteiger partial charge in [-0.15, -0.1) is 0 Å². The number of hydrazone groups is 1. The summed E-state index contributed by atoms with van der Waals surface area (Å²) >= 11 is 0. The zero-order valence-corrected chi connectivity index (χ0v) is 15.0. The van der Waals surface area contributed by atoms with Crippen LogP contribution in [0.2, 0.25) is 0 Å². The Bertz CT molecular complexity index is 1080. The molecule has 0 atom stereocenters. The molecule has 3 aromatic rings. The number of hydrogen-bond acceptors (Lipinski definition) is 5. The molecule has 146 valence electrons. The fourth-order valence-corrected chi connectivity index (χ4v) is 2.41. The number of nitrogens with one attached hydrogen (secondary N) is 2. The monoisotopic (exact) mass is 393 g/mol. The third kappa shape index (κ3) is 5.16. The number of benzene rings is 3. The molecule has 3 aromatic carbocycles. The third-order valence-corrected chi connectivity index (χ3v) is 3.87. The molecule has 3 rings (SSSR count). The number of amides is 2. The Morgan fingerprint density at radius 3 is 2.38 bits per heavy atom. The van der Waals surface area contributed by atoms with Gasteiger partial charge in [0.05, 0.1) is 6.21 Å². The number of anilines is 1. The van der Waals surface area contributed by atoms with Gasteiger partial charge in [-0.25, -0.2) is 9.82 Å². The molecule has 0 fully saturated rings. The SMILES string of the molecule is O=C(N/N=C\c1ccc(O)cc1O)c1cccc(NC(=O)c2ccc(F)cc2)c1. The van der Waals surface area contributed by atoms with Gasteiger partial charge in [0.1, 0.15) is 17.3 Å². The maximum atomic E-state index is 13.0. The first-order valence-electron chi connectivity index (χ1n) is 8.45. The fraction of sp³-hybridized carbons (Fsp3) is 0. The van der Waals surface area contributed by atoms with Crippen LogP contribution in [0.1, 0.15) is 26.3 Å². The van der Waals surface area contributed by atoms with Crippen LogP contribution in [0.4, 0.5) is 10.1 Å². The second-order valence-electron chi connectivity index (χ2n) is 5.98. The fourth-order valence-electron chi connectivity index (χ4n) is 2.41. The molecule has 4 N–H and O–H groups in total. The highest BCUT2D eigenvalue weighted by Gasteiger charge is 2.09. The van der Waals surface area contributed by atoms with E-state index < -0.39 is 17.6 Å². The number of aromatic hydroxyl groups is 2. The molecule has 0 radical (unpaired) electrons. The first-order chi connectivity index (χ1) is 13.9. The van der Waals surface area contributed by atoms with Gasteiger partial charge in [-0.1, -0.05) is 6.07 Å². The van der Waals surface area contributed by atoms with E-state index in [0.717, 1.165) is 6.07 Å². The van der Waals surface area contributed by atoms with Crippen LogP contribution >= 0.6 is 0 Å². The van der Waals surface area contributed by atoms with Gasteiger partial charge in [0, 0.05) is 28.4 Å². The Hall–Kier alpha value is -4.20. The van der Waals surface area contributed by atoms with Crippen LogP contribution in [0.5, 0.6) is 11.5 Å². The number of carbonyl (C=O) groups is 2. The molecule has 0 aliphatic rings. The Morgan fingerprint density at radius 2 is 1.66 bits per heavy atom. The summed E-state index contributed by atoms with van der Waals surface area (Å²) < 4.78 is 13.0. The van der Waals surface area contributed by atoms with E-state index in [9.17, 15) is 24.2 Å². The highest BCUT2D eigenvalue weighted by atomic mass is 19.1. The molecule has 0 aliphatic heterocycles. The van der Waals surface area contributed by atoms with Gasteiger partial charge >= 0.3 is 0 Å². The van der Waals surface area contributed by atoms with Crippen molar-refractivity contribution in [2.45, 2.75) is 0 Å². The Morgan fingerprint density at radius 1 is 0.897 bits per heavy atom. The summed E-state index contributed by atoms with van der Waals surface area (Å²) in [6.07, 6.45) is 1.23. The highest BCUT2D eigenvalue weighted by molar-refractivity contribution is 6.05. The standard InChI is InChI=1S/C21H16FN3O4/c22-16-7-4-13(5-8-16)20(28)24-17-3-1-2-14(10-17)21(29)25-23-12-15-6-9-18(26)11-19(15)27/h1-12,26-27H,(H,24,28)(H,25,29)/b23-12-. The number of rotatable bonds is 5. The lowest BCUT2D eigenvalue weighted by Gasteiger charge is -2.07. The quantitative estimate of drug-likeness (QED) is 0.394. The smallest absolute Gasteiger partial charge is 0.271 e. The maximum absolute atomic E-state index is 13.0. The van der Waals surface area contributed by atoms with Gasteiger partial charge in [-0.05, 0) is 54.6 Å². The number of carbonyl (C=O) groups excluding carboxylic acids is 2. The van der Waals surface area contributed by atoms with E-state index in [-0.39, 0.29) is 22.6 Å². The van der Waals surface area contributed by atoms with Crippen molar-refractivity contribution in [1.82, 2.24) is 5.43 Å². The van der Waals surface area contributed by atoms with E-state index in [1.54, 1.807) is 12.1 Å². The van der Waals surface area contributed by atoms with Crippen molar-refractivity contribution in [3.63, 3.8) is 0 Å². The van der Waals surface area contributed by atoms with Crippen molar-refractivity contribution in [3.05, 3.63) is 89.2 Å². The summed E-state index contributed by atoms with van der Waals surface area (Å²) in [5.74, 6) is -1.70. The van der Waals surface area contributed by atoms with E-state index in [1.165, 1.54) is 54.7 Å². The predicted molar refractivity (Wildman–Crippen MR) is 106 cm³/mol. The van der Waals surface area contributed by atoms with Crippen LogP contribution in [-0.2, 0) is 0 Å². The summed E-state index contributed by atoms with van der Waals surface area (Å²) in [4.78, 5) is 24.4. The Kier molecular flexibility index (Phi) is 5.84. The van der Waals surface area contributed by atoms with Crippen molar-refractivity contribution in [2.75, 3.05) is 5.32 Å². The summed E-state index contributed by atoms with van der Waals surface area (Å²) in [5.41, 5.74) is 3.52. The van der Waals surface area contributed by atoms with Crippen molar-refractivity contribution in [1.29, 1.82) is 0 Å². The largest absolute Gasteiger partial charge is 0.508 e. The minimum atomic E-state index is -0.530. The summed E-state index contributed by atoms with van der Waals surface area (Å²) in [6, 6.07) is 15.2. The first-order valence-corrected chi connectivity index (χ1v) is 8.45. The number of phenolic OH excluding ortho intramolecular Hbond substituents is 2. The number of halogens is 1. The van der Waals surface area contributed by atoms with Crippen molar-refractivity contribution in [2.24, 2.45) is 5.10 Å². The molecule has 0 spiro atoms. The van der Waals surface area contributed by atoms with Gasteiger partial charge in [0.25, 0.3) is 11.8 Å². The number of nitrogens with zero attached hydrogens (tertiary/aromatic N) is 1. The third-order valence-electron chi connectivity index (χ3n) is 3.87. The molecular formula is C21H16FN3O4. The second kappa shape index (κ2) is 8.66.